The van der Waals surface area contributed by atoms with Crippen LogP contribution in [-0.4, -0.2) is 65.1 Å². The van der Waals surface area contributed by atoms with Crippen molar-refractivity contribution in [2.24, 2.45) is 5.73 Å². The minimum absolute atomic E-state index is 0.0160. The molecule has 2 heterocycles. The lowest BCUT2D eigenvalue weighted by molar-refractivity contribution is -0.133. The van der Waals surface area contributed by atoms with Crippen molar-refractivity contribution in [2.75, 3.05) is 33.7 Å². The second kappa shape index (κ2) is 7.70. The Bertz CT molecular complexity index is 784. The molecule has 0 bridgehead atoms. The monoisotopic (exact) mass is 355 g/mol. The lowest BCUT2D eigenvalue weighted by atomic mass is 9.92. The molecule has 0 aliphatic carbocycles. The standard InChI is InChI=1S/C19H25N5O2/c1-22(2)13-17(25)23-10-6-7-14(11-23)18-16(19(20)26)12-24(21-18)15-8-4-3-5-9-15/h3-5,8-9,12,14H,6-7,10-11,13H2,1-2H3,(H2,20,26)/t14-/m0/s1. The summed E-state index contributed by atoms with van der Waals surface area (Å²) in [6.07, 6.45) is 3.46. The molecule has 1 aromatic carbocycles. The molecule has 0 unspecified atom stereocenters. The summed E-state index contributed by atoms with van der Waals surface area (Å²) in [5.74, 6) is -0.371. The first-order valence-electron chi connectivity index (χ1n) is 8.83. The summed E-state index contributed by atoms with van der Waals surface area (Å²) in [7, 11) is 3.76. The lowest BCUT2D eigenvalue weighted by Gasteiger charge is -2.33. The summed E-state index contributed by atoms with van der Waals surface area (Å²) in [5.41, 5.74) is 7.58. The highest BCUT2D eigenvalue weighted by Crippen LogP contribution is 2.29. The molecule has 1 atom stereocenters. The normalized spacial score (nSPS) is 17.5. The van der Waals surface area contributed by atoms with Crippen molar-refractivity contribution in [3.05, 3.63) is 47.8 Å². The summed E-state index contributed by atoms with van der Waals surface area (Å²) < 4.78 is 1.69. The fourth-order valence-electron chi connectivity index (χ4n) is 3.39. The molecule has 1 aliphatic heterocycles. The van der Waals surface area contributed by atoms with Crippen molar-refractivity contribution in [3.63, 3.8) is 0 Å². The van der Waals surface area contributed by atoms with E-state index in [2.05, 4.69) is 5.10 Å². The van der Waals surface area contributed by atoms with Crippen molar-refractivity contribution in [1.82, 2.24) is 19.6 Å². The fraction of sp³-hybridized carbons (Fsp3) is 0.421. The molecule has 2 aromatic rings. The minimum atomic E-state index is -0.487. The van der Waals surface area contributed by atoms with Crippen molar-refractivity contribution in [2.45, 2.75) is 18.8 Å². The number of rotatable bonds is 5. The third-order valence-corrected chi connectivity index (χ3v) is 4.64. The molecule has 1 saturated heterocycles. The van der Waals surface area contributed by atoms with Crippen LogP contribution in [0.3, 0.4) is 0 Å². The van der Waals surface area contributed by atoms with Gasteiger partial charge in [-0.25, -0.2) is 4.68 Å². The van der Waals surface area contributed by atoms with Crippen LogP contribution in [0.5, 0.6) is 0 Å². The number of primary amides is 1. The van der Waals surface area contributed by atoms with Gasteiger partial charge < -0.3 is 15.5 Å². The molecule has 0 saturated carbocycles. The highest BCUT2D eigenvalue weighted by molar-refractivity contribution is 5.94. The number of nitrogens with zero attached hydrogens (tertiary/aromatic N) is 4. The van der Waals surface area contributed by atoms with Gasteiger partial charge in [0.15, 0.2) is 0 Å². The first-order valence-corrected chi connectivity index (χ1v) is 8.83. The zero-order valence-corrected chi connectivity index (χ0v) is 15.3. The largest absolute Gasteiger partial charge is 0.365 e. The van der Waals surface area contributed by atoms with Crippen molar-refractivity contribution >= 4 is 11.8 Å². The van der Waals surface area contributed by atoms with Crippen molar-refractivity contribution in [3.8, 4) is 5.69 Å². The van der Waals surface area contributed by atoms with E-state index < -0.39 is 5.91 Å². The van der Waals surface area contributed by atoms with Crippen LogP contribution in [0.15, 0.2) is 36.5 Å². The number of para-hydroxylation sites is 1. The van der Waals surface area contributed by atoms with Crippen molar-refractivity contribution < 1.29 is 9.59 Å². The Morgan fingerprint density at radius 1 is 1.27 bits per heavy atom. The Kier molecular flexibility index (Phi) is 5.37. The van der Waals surface area contributed by atoms with Gasteiger partial charge in [0.25, 0.3) is 5.91 Å². The second-order valence-electron chi connectivity index (χ2n) is 6.99. The quantitative estimate of drug-likeness (QED) is 0.874. The molecule has 0 spiro atoms. The molecule has 1 fully saturated rings. The van der Waals surface area contributed by atoms with Gasteiger partial charge in [-0.05, 0) is 39.1 Å². The molecular formula is C19H25N5O2. The zero-order valence-electron chi connectivity index (χ0n) is 15.3. The van der Waals surface area contributed by atoms with E-state index in [1.54, 1.807) is 10.9 Å². The van der Waals surface area contributed by atoms with Gasteiger partial charge in [-0.3, -0.25) is 9.59 Å². The van der Waals surface area contributed by atoms with Gasteiger partial charge in [0.05, 0.1) is 23.5 Å². The van der Waals surface area contributed by atoms with E-state index in [0.717, 1.165) is 25.1 Å². The number of piperidine rings is 1. The van der Waals surface area contributed by atoms with Gasteiger partial charge in [0.2, 0.25) is 5.91 Å². The van der Waals surface area contributed by atoms with Crippen LogP contribution in [0.1, 0.15) is 34.8 Å². The van der Waals surface area contributed by atoms with E-state index in [1.165, 1.54) is 0 Å². The van der Waals surface area contributed by atoms with E-state index >= 15 is 0 Å². The number of likely N-dealkylation sites (tertiary alicyclic amines) is 1. The molecule has 7 heteroatoms. The van der Waals surface area contributed by atoms with E-state index in [4.69, 9.17) is 5.73 Å². The predicted octanol–water partition coefficient (Wildman–Crippen LogP) is 1.24. The van der Waals surface area contributed by atoms with Crippen LogP contribution in [0.2, 0.25) is 0 Å². The van der Waals surface area contributed by atoms with E-state index in [0.29, 0.717) is 24.3 Å². The van der Waals surface area contributed by atoms with Crippen LogP contribution in [0, 0.1) is 0 Å². The Labute approximate surface area is 153 Å². The Morgan fingerprint density at radius 2 is 2.00 bits per heavy atom. The summed E-state index contributed by atoms with van der Waals surface area (Å²) in [4.78, 5) is 28.1. The number of benzene rings is 1. The van der Waals surface area contributed by atoms with Gasteiger partial charge in [0.1, 0.15) is 0 Å². The maximum absolute atomic E-state index is 12.4. The minimum Gasteiger partial charge on any atom is -0.365 e. The highest BCUT2D eigenvalue weighted by Gasteiger charge is 2.29. The van der Waals surface area contributed by atoms with Gasteiger partial charge in [-0.15, -0.1) is 0 Å². The number of amides is 2. The molecule has 26 heavy (non-hydrogen) atoms. The van der Waals surface area contributed by atoms with Gasteiger partial charge in [-0.2, -0.15) is 5.10 Å². The van der Waals surface area contributed by atoms with Crippen LogP contribution in [0.4, 0.5) is 0 Å². The number of carbonyl (C=O) groups is 2. The van der Waals surface area contributed by atoms with Gasteiger partial charge in [-0.1, -0.05) is 18.2 Å². The smallest absolute Gasteiger partial charge is 0.252 e. The van der Waals surface area contributed by atoms with E-state index in [9.17, 15) is 9.59 Å². The molecule has 0 radical (unpaired) electrons. The van der Waals surface area contributed by atoms with Gasteiger partial charge >= 0.3 is 0 Å². The summed E-state index contributed by atoms with van der Waals surface area (Å²) in [6.45, 7) is 1.70. The van der Waals surface area contributed by atoms with E-state index in [1.807, 2.05) is 54.2 Å². The third kappa shape index (κ3) is 3.94. The number of hydrogen-bond donors (Lipinski definition) is 1. The second-order valence-corrected chi connectivity index (χ2v) is 6.99. The van der Waals surface area contributed by atoms with Gasteiger partial charge in [0, 0.05) is 25.2 Å². The molecular weight excluding hydrogens is 330 g/mol. The Hall–Kier alpha value is -2.67. The zero-order chi connectivity index (χ0) is 18.7. The number of aromatic nitrogens is 2. The lowest BCUT2D eigenvalue weighted by Crippen LogP contribution is -2.43. The number of nitrogens with two attached hydrogens (primary N) is 1. The number of likely N-dealkylation sites (N-methyl/N-ethyl adjacent to an activating group) is 1. The number of carbonyl (C=O) groups excluding carboxylic acids is 2. The SMILES string of the molecule is CN(C)CC(=O)N1CCC[C@H](c2nn(-c3ccccc3)cc2C(N)=O)C1. The predicted molar refractivity (Wildman–Crippen MR) is 99.2 cm³/mol. The molecule has 3 rings (SSSR count). The van der Waals surface area contributed by atoms with Crippen LogP contribution < -0.4 is 5.73 Å². The first kappa shape index (κ1) is 18.1. The van der Waals surface area contributed by atoms with Crippen LogP contribution >= 0.6 is 0 Å². The van der Waals surface area contributed by atoms with Crippen LogP contribution in [-0.2, 0) is 4.79 Å². The average Bonchev–Trinajstić information content (AvgIpc) is 3.08. The maximum atomic E-state index is 12.4. The highest BCUT2D eigenvalue weighted by atomic mass is 16.2. The fourth-order valence-corrected chi connectivity index (χ4v) is 3.39. The Morgan fingerprint density at radius 3 is 2.65 bits per heavy atom. The van der Waals surface area contributed by atoms with Crippen molar-refractivity contribution in [1.29, 1.82) is 0 Å². The summed E-state index contributed by atoms with van der Waals surface area (Å²) in [6, 6.07) is 9.62. The van der Waals surface area contributed by atoms with Crippen LogP contribution in [0.25, 0.3) is 5.69 Å². The molecule has 2 N–H and O–H groups in total. The summed E-state index contributed by atoms with van der Waals surface area (Å²) in [5, 5.41) is 4.65. The number of hydrogen-bond acceptors (Lipinski definition) is 4. The first-order chi connectivity index (χ1) is 12.5. The molecule has 7 nitrogen and oxygen atoms in total. The maximum Gasteiger partial charge on any atom is 0.252 e. The third-order valence-electron chi connectivity index (χ3n) is 4.64. The van der Waals surface area contributed by atoms with E-state index in [-0.39, 0.29) is 11.8 Å². The topological polar surface area (TPSA) is 84.5 Å². The summed E-state index contributed by atoms with van der Waals surface area (Å²) >= 11 is 0. The molecule has 1 aromatic heterocycles. The average molecular weight is 355 g/mol. The molecule has 138 valence electrons. The molecule has 1 aliphatic rings. The Balaban J connectivity index is 1.86. The molecule has 2 amide bonds.